The lowest BCUT2D eigenvalue weighted by Gasteiger charge is -2.08. The van der Waals surface area contributed by atoms with Gasteiger partial charge in [0.05, 0.1) is 7.11 Å². The minimum atomic E-state index is -0.229. The number of rotatable bonds is 5. The number of hydrogen-bond acceptors (Lipinski definition) is 3. The van der Waals surface area contributed by atoms with Crippen LogP contribution in [0.4, 0.5) is 10.5 Å². The topological polar surface area (TPSA) is 63.2 Å². The molecule has 2 aromatic rings. The van der Waals surface area contributed by atoms with Gasteiger partial charge in [0.2, 0.25) is 0 Å². The number of ether oxygens (including phenoxy) is 1. The van der Waals surface area contributed by atoms with Crippen molar-refractivity contribution in [1.29, 1.82) is 0 Å². The predicted molar refractivity (Wildman–Crippen MR) is 78.0 cm³/mol. The van der Waals surface area contributed by atoms with Crippen LogP contribution in [-0.4, -0.2) is 24.7 Å². The number of pyridine rings is 1. The molecule has 1 aromatic heterocycles. The molecule has 1 aromatic carbocycles. The van der Waals surface area contributed by atoms with Crippen molar-refractivity contribution >= 4 is 11.7 Å². The summed E-state index contributed by atoms with van der Waals surface area (Å²) >= 11 is 0. The number of amides is 2. The largest absolute Gasteiger partial charge is 0.497 e. The van der Waals surface area contributed by atoms with E-state index in [0.717, 1.165) is 12.0 Å². The van der Waals surface area contributed by atoms with Gasteiger partial charge in [-0.2, -0.15) is 0 Å². The highest BCUT2D eigenvalue weighted by Gasteiger charge is 2.02. The Balaban J connectivity index is 1.77. The number of nitrogens with one attached hydrogen (secondary N) is 2. The molecule has 0 atom stereocenters. The highest BCUT2D eigenvalue weighted by atomic mass is 16.5. The summed E-state index contributed by atoms with van der Waals surface area (Å²) in [6.45, 7) is 0.569. The van der Waals surface area contributed by atoms with Gasteiger partial charge in [-0.1, -0.05) is 6.07 Å². The van der Waals surface area contributed by atoms with Crippen molar-refractivity contribution in [3.05, 3.63) is 54.4 Å². The number of aromatic nitrogens is 1. The first-order chi connectivity index (χ1) is 9.78. The Hall–Kier alpha value is -2.56. The fraction of sp³-hybridized carbons (Fsp3) is 0.200. The average Bonchev–Trinajstić information content (AvgIpc) is 2.48. The van der Waals surface area contributed by atoms with E-state index in [1.54, 1.807) is 25.6 Å². The van der Waals surface area contributed by atoms with E-state index in [1.165, 1.54) is 0 Å². The van der Waals surface area contributed by atoms with Crippen LogP contribution in [0, 0.1) is 0 Å². The SMILES string of the molecule is COc1cccc(NC(=O)NCCc2ccncc2)c1. The smallest absolute Gasteiger partial charge is 0.319 e. The fourth-order valence-electron chi connectivity index (χ4n) is 1.75. The monoisotopic (exact) mass is 271 g/mol. The minimum Gasteiger partial charge on any atom is -0.497 e. The molecule has 104 valence electrons. The number of carbonyl (C=O) groups is 1. The maximum Gasteiger partial charge on any atom is 0.319 e. The van der Waals surface area contributed by atoms with Crippen LogP contribution in [0.2, 0.25) is 0 Å². The summed E-state index contributed by atoms with van der Waals surface area (Å²) in [6, 6.07) is 10.9. The minimum absolute atomic E-state index is 0.229. The first kappa shape index (κ1) is 13.9. The third-order valence-electron chi connectivity index (χ3n) is 2.78. The number of anilines is 1. The molecule has 0 bridgehead atoms. The van der Waals surface area contributed by atoms with Crippen LogP contribution in [0.3, 0.4) is 0 Å². The molecule has 0 fully saturated rings. The molecule has 0 aliphatic carbocycles. The molecule has 0 spiro atoms. The average molecular weight is 271 g/mol. The summed E-state index contributed by atoms with van der Waals surface area (Å²) in [7, 11) is 1.59. The zero-order chi connectivity index (χ0) is 14.2. The van der Waals surface area contributed by atoms with Gasteiger partial charge in [0, 0.05) is 30.7 Å². The molecule has 0 aliphatic heterocycles. The van der Waals surface area contributed by atoms with Gasteiger partial charge in [-0.25, -0.2) is 4.79 Å². The number of nitrogens with zero attached hydrogens (tertiary/aromatic N) is 1. The van der Waals surface area contributed by atoms with Crippen molar-refractivity contribution in [2.45, 2.75) is 6.42 Å². The summed E-state index contributed by atoms with van der Waals surface area (Å²) in [5, 5.41) is 5.57. The van der Waals surface area contributed by atoms with E-state index in [2.05, 4.69) is 15.6 Å². The van der Waals surface area contributed by atoms with E-state index in [-0.39, 0.29) is 6.03 Å². The Morgan fingerprint density at radius 3 is 2.80 bits per heavy atom. The van der Waals surface area contributed by atoms with Gasteiger partial charge < -0.3 is 15.4 Å². The normalized spacial score (nSPS) is 9.85. The third-order valence-corrected chi connectivity index (χ3v) is 2.78. The molecule has 2 N–H and O–H groups in total. The lowest BCUT2D eigenvalue weighted by atomic mass is 10.2. The molecule has 0 radical (unpaired) electrons. The fourth-order valence-corrected chi connectivity index (χ4v) is 1.75. The van der Waals surface area contributed by atoms with E-state index < -0.39 is 0 Å². The number of methoxy groups -OCH3 is 1. The van der Waals surface area contributed by atoms with E-state index >= 15 is 0 Å². The number of urea groups is 1. The quantitative estimate of drug-likeness (QED) is 0.878. The first-order valence-electron chi connectivity index (χ1n) is 6.36. The van der Waals surface area contributed by atoms with Crippen LogP contribution < -0.4 is 15.4 Å². The van der Waals surface area contributed by atoms with E-state index in [0.29, 0.717) is 18.0 Å². The van der Waals surface area contributed by atoms with Gasteiger partial charge >= 0.3 is 6.03 Å². The van der Waals surface area contributed by atoms with Crippen molar-refractivity contribution in [2.24, 2.45) is 0 Å². The second kappa shape index (κ2) is 7.13. The van der Waals surface area contributed by atoms with Crippen LogP contribution in [0.1, 0.15) is 5.56 Å². The van der Waals surface area contributed by atoms with Crippen LogP contribution >= 0.6 is 0 Å². The molecule has 0 aliphatic rings. The van der Waals surface area contributed by atoms with E-state index in [9.17, 15) is 4.79 Å². The van der Waals surface area contributed by atoms with Crippen molar-refractivity contribution < 1.29 is 9.53 Å². The molecule has 0 unspecified atom stereocenters. The number of hydrogen-bond donors (Lipinski definition) is 2. The second-order valence-corrected chi connectivity index (χ2v) is 4.22. The summed E-state index contributed by atoms with van der Waals surface area (Å²) in [6.07, 6.45) is 4.26. The van der Waals surface area contributed by atoms with Crippen LogP contribution in [0.25, 0.3) is 0 Å². The predicted octanol–water partition coefficient (Wildman–Crippen LogP) is 2.45. The lowest BCUT2D eigenvalue weighted by molar-refractivity contribution is 0.252. The highest BCUT2D eigenvalue weighted by Crippen LogP contribution is 2.16. The third kappa shape index (κ3) is 4.28. The molecular weight excluding hydrogens is 254 g/mol. The summed E-state index contributed by atoms with van der Waals surface area (Å²) in [4.78, 5) is 15.7. The highest BCUT2D eigenvalue weighted by molar-refractivity contribution is 5.89. The Labute approximate surface area is 118 Å². The number of benzene rings is 1. The molecule has 2 amide bonds. The van der Waals surface area contributed by atoms with E-state index in [1.807, 2.05) is 30.3 Å². The van der Waals surface area contributed by atoms with Gasteiger partial charge in [-0.05, 0) is 36.2 Å². The second-order valence-electron chi connectivity index (χ2n) is 4.22. The van der Waals surface area contributed by atoms with Crippen LogP contribution in [0.15, 0.2) is 48.8 Å². The first-order valence-corrected chi connectivity index (χ1v) is 6.36. The van der Waals surface area contributed by atoms with Crippen molar-refractivity contribution in [1.82, 2.24) is 10.3 Å². The molecule has 2 rings (SSSR count). The molecule has 5 nitrogen and oxygen atoms in total. The molecule has 0 saturated carbocycles. The van der Waals surface area contributed by atoms with Gasteiger partial charge in [0.15, 0.2) is 0 Å². The van der Waals surface area contributed by atoms with Gasteiger partial charge in [-0.3, -0.25) is 4.98 Å². The maximum atomic E-state index is 11.7. The Kier molecular flexibility index (Phi) is 4.94. The molecule has 0 saturated heterocycles. The van der Waals surface area contributed by atoms with Crippen molar-refractivity contribution in [2.75, 3.05) is 19.0 Å². The Morgan fingerprint density at radius 2 is 2.05 bits per heavy atom. The maximum absolute atomic E-state index is 11.7. The van der Waals surface area contributed by atoms with Crippen molar-refractivity contribution in [3.8, 4) is 5.75 Å². The summed E-state index contributed by atoms with van der Waals surface area (Å²) in [5.41, 5.74) is 1.84. The molecule has 20 heavy (non-hydrogen) atoms. The summed E-state index contributed by atoms with van der Waals surface area (Å²) < 4.78 is 5.10. The number of carbonyl (C=O) groups excluding carboxylic acids is 1. The van der Waals surface area contributed by atoms with Crippen molar-refractivity contribution in [3.63, 3.8) is 0 Å². The zero-order valence-corrected chi connectivity index (χ0v) is 11.3. The van der Waals surface area contributed by atoms with Gasteiger partial charge in [-0.15, -0.1) is 0 Å². The van der Waals surface area contributed by atoms with Gasteiger partial charge in [0.1, 0.15) is 5.75 Å². The van der Waals surface area contributed by atoms with Gasteiger partial charge in [0.25, 0.3) is 0 Å². The lowest BCUT2D eigenvalue weighted by Crippen LogP contribution is -2.30. The summed E-state index contributed by atoms with van der Waals surface area (Å²) in [5.74, 6) is 0.708. The Bertz CT molecular complexity index is 558. The van der Waals surface area contributed by atoms with E-state index in [4.69, 9.17) is 4.74 Å². The van der Waals surface area contributed by atoms with Crippen LogP contribution in [0.5, 0.6) is 5.75 Å². The standard InChI is InChI=1S/C15H17N3O2/c1-20-14-4-2-3-13(11-14)18-15(19)17-10-7-12-5-8-16-9-6-12/h2-6,8-9,11H,7,10H2,1H3,(H2,17,18,19). The molecule has 1 heterocycles. The molecule has 5 heteroatoms. The molecular formula is C15H17N3O2. The Morgan fingerprint density at radius 1 is 1.25 bits per heavy atom. The van der Waals surface area contributed by atoms with Crippen LogP contribution in [-0.2, 0) is 6.42 Å². The zero-order valence-electron chi connectivity index (χ0n) is 11.3.